The number of hydrogen-bond acceptors (Lipinski definition) is 3. The highest BCUT2D eigenvalue weighted by atomic mass is 32.1. The maximum absolute atomic E-state index is 5.82. The zero-order chi connectivity index (χ0) is 13.1. The highest BCUT2D eigenvalue weighted by Gasteiger charge is 2.22. The summed E-state index contributed by atoms with van der Waals surface area (Å²) in [5.41, 5.74) is 7.54. The van der Waals surface area contributed by atoms with Gasteiger partial charge in [0, 0.05) is 5.56 Å². The Morgan fingerprint density at radius 1 is 1.50 bits per heavy atom. The van der Waals surface area contributed by atoms with Gasteiger partial charge in [-0.1, -0.05) is 24.4 Å². The molecule has 2 N–H and O–H groups in total. The van der Waals surface area contributed by atoms with Crippen LogP contribution < -0.4 is 10.5 Å². The zero-order valence-electron chi connectivity index (χ0n) is 10.8. The van der Waals surface area contributed by atoms with Gasteiger partial charge in [0.25, 0.3) is 0 Å². The first-order valence-corrected chi connectivity index (χ1v) is 6.66. The molecule has 0 amide bonds. The Kier molecular flexibility index (Phi) is 4.19. The van der Waals surface area contributed by atoms with Crippen LogP contribution in [0.3, 0.4) is 0 Å². The van der Waals surface area contributed by atoms with Crippen molar-refractivity contribution in [3.8, 4) is 5.75 Å². The molecular formula is C14H19NO2S. The second kappa shape index (κ2) is 5.67. The quantitative estimate of drug-likeness (QED) is 0.850. The summed E-state index contributed by atoms with van der Waals surface area (Å²) in [6.45, 7) is 4.70. The van der Waals surface area contributed by atoms with E-state index in [2.05, 4.69) is 6.92 Å². The Bertz CT molecular complexity index is 447. The van der Waals surface area contributed by atoms with Crippen LogP contribution in [0.25, 0.3) is 0 Å². The summed E-state index contributed by atoms with van der Waals surface area (Å²) < 4.78 is 11.5. The van der Waals surface area contributed by atoms with Gasteiger partial charge in [0.15, 0.2) is 0 Å². The summed E-state index contributed by atoms with van der Waals surface area (Å²) in [6.07, 6.45) is 2.73. The molecule has 1 aromatic rings. The number of hydrogen-bond donors (Lipinski definition) is 1. The number of nitrogens with two attached hydrogens (primary N) is 1. The van der Waals surface area contributed by atoms with Crippen molar-refractivity contribution in [2.75, 3.05) is 6.61 Å². The number of thiocarbonyl (C=S) groups is 1. The molecule has 0 bridgehead atoms. The number of benzene rings is 1. The lowest BCUT2D eigenvalue weighted by atomic mass is 10.1. The molecule has 2 atom stereocenters. The summed E-state index contributed by atoms with van der Waals surface area (Å²) in [7, 11) is 0. The third kappa shape index (κ3) is 3.21. The standard InChI is InChI=1S/C14H19NO2S/c1-9-3-5-11(14(15)18)7-13(9)16-8-12-6-4-10(2)17-12/h3,5,7,10,12H,4,6,8H2,1-2H3,(H2,15,18). The van der Waals surface area contributed by atoms with Crippen molar-refractivity contribution in [3.63, 3.8) is 0 Å². The fourth-order valence-corrected chi connectivity index (χ4v) is 2.23. The van der Waals surface area contributed by atoms with Crippen molar-refractivity contribution in [3.05, 3.63) is 29.3 Å². The van der Waals surface area contributed by atoms with Gasteiger partial charge >= 0.3 is 0 Å². The van der Waals surface area contributed by atoms with Gasteiger partial charge in [0.05, 0.1) is 12.2 Å². The third-order valence-electron chi connectivity index (χ3n) is 3.22. The SMILES string of the molecule is Cc1ccc(C(N)=S)cc1OCC1CCC(C)O1. The average molecular weight is 265 g/mol. The minimum Gasteiger partial charge on any atom is -0.491 e. The first-order valence-electron chi connectivity index (χ1n) is 6.25. The molecule has 0 saturated carbocycles. The van der Waals surface area contributed by atoms with Crippen LogP contribution in [0.4, 0.5) is 0 Å². The third-order valence-corrected chi connectivity index (χ3v) is 3.45. The second-order valence-electron chi connectivity index (χ2n) is 4.80. The molecule has 18 heavy (non-hydrogen) atoms. The molecule has 1 aliphatic heterocycles. The van der Waals surface area contributed by atoms with E-state index in [0.717, 1.165) is 29.7 Å². The lowest BCUT2D eigenvalue weighted by Crippen LogP contribution is -2.18. The Balaban J connectivity index is 2.00. The van der Waals surface area contributed by atoms with E-state index in [1.807, 2.05) is 25.1 Å². The lowest BCUT2D eigenvalue weighted by molar-refractivity contribution is 0.0263. The highest BCUT2D eigenvalue weighted by molar-refractivity contribution is 7.80. The highest BCUT2D eigenvalue weighted by Crippen LogP contribution is 2.23. The van der Waals surface area contributed by atoms with Gasteiger partial charge in [-0.2, -0.15) is 0 Å². The first-order chi connectivity index (χ1) is 8.56. The molecule has 0 aromatic heterocycles. The Labute approximate surface area is 113 Å². The van der Waals surface area contributed by atoms with E-state index in [1.54, 1.807) is 0 Å². The van der Waals surface area contributed by atoms with Gasteiger partial charge in [-0.25, -0.2) is 0 Å². The van der Waals surface area contributed by atoms with E-state index in [1.165, 1.54) is 0 Å². The second-order valence-corrected chi connectivity index (χ2v) is 5.24. The maximum atomic E-state index is 5.82. The summed E-state index contributed by atoms with van der Waals surface area (Å²) in [4.78, 5) is 0.394. The first kappa shape index (κ1) is 13.3. The topological polar surface area (TPSA) is 44.5 Å². The molecule has 1 heterocycles. The van der Waals surface area contributed by atoms with Crippen LogP contribution in [0.5, 0.6) is 5.75 Å². The number of rotatable bonds is 4. The molecule has 0 spiro atoms. The van der Waals surface area contributed by atoms with E-state index in [9.17, 15) is 0 Å². The number of aryl methyl sites for hydroxylation is 1. The Morgan fingerprint density at radius 3 is 2.89 bits per heavy atom. The van der Waals surface area contributed by atoms with Gasteiger partial charge in [-0.3, -0.25) is 0 Å². The van der Waals surface area contributed by atoms with Crippen LogP contribution in [-0.4, -0.2) is 23.8 Å². The Morgan fingerprint density at radius 2 is 2.28 bits per heavy atom. The van der Waals surface area contributed by atoms with Crippen LogP contribution in [0.2, 0.25) is 0 Å². The monoisotopic (exact) mass is 265 g/mol. The molecule has 3 nitrogen and oxygen atoms in total. The smallest absolute Gasteiger partial charge is 0.123 e. The summed E-state index contributed by atoms with van der Waals surface area (Å²) in [5.74, 6) is 0.837. The predicted molar refractivity (Wildman–Crippen MR) is 76.1 cm³/mol. The van der Waals surface area contributed by atoms with Crippen molar-refractivity contribution in [1.29, 1.82) is 0 Å². The maximum Gasteiger partial charge on any atom is 0.123 e. The molecule has 4 heteroatoms. The molecule has 1 saturated heterocycles. The van der Waals surface area contributed by atoms with Crippen LogP contribution >= 0.6 is 12.2 Å². The van der Waals surface area contributed by atoms with Crippen LogP contribution in [0.1, 0.15) is 30.9 Å². The summed E-state index contributed by atoms with van der Waals surface area (Å²) in [5, 5.41) is 0. The van der Waals surface area contributed by atoms with E-state index < -0.39 is 0 Å². The fourth-order valence-electron chi connectivity index (χ4n) is 2.10. The fraction of sp³-hybridized carbons (Fsp3) is 0.500. The normalized spacial score (nSPS) is 23.0. The lowest BCUT2D eigenvalue weighted by Gasteiger charge is -2.15. The molecule has 0 aliphatic carbocycles. The Hall–Kier alpha value is -1.13. The molecule has 1 fully saturated rings. The zero-order valence-corrected chi connectivity index (χ0v) is 11.6. The largest absolute Gasteiger partial charge is 0.491 e. The number of ether oxygens (including phenoxy) is 2. The summed E-state index contributed by atoms with van der Waals surface area (Å²) >= 11 is 4.97. The van der Waals surface area contributed by atoms with Gasteiger partial charge in [-0.05, 0) is 38.3 Å². The average Bonchev–Trinajstić information content (AvgIpc) is 2.74. The molecule has 2 rings (SSSR count). The van der Waals surface area contributed by atoms with Crippen molar-refractivity contribution >= 4 is 17.2 Å². The van der Waals surface area contributed by atoms with E-state index in [-0.39, 0.29) is 6.10 Å². The minimum absolute atomic E-state index is 0.202. The van der Waals surface area contributed by atoms with Gasteiger partial charge < -0.3 is 15.2 Å². The van der Waals surface area contributed by atoms with Crippen LogP contribution in [0.15, 0.2) is 18.2 Å². The van der Waals surface area contributed by atoms with Crippen LogP contribution in [0, 0.1) is 6.92 Å². The molecule has 1 aromatic carbocycles. The van der Waals surface area contributed by atoms with E-state index in [0.29, 0.717) is 17.7 Å². The van der Waals surface area contributed by atoms with Crippen molar-refractivity contribution < 1.29 is 9.47 Å². The van der Waals surface area contributed by atoms with Gasteiger partial charge in [-0.15, -0.1) is 0 Å². The molecule has 1 aliphatic rings. The minimum atomic E-state index is 0.202. The predicted octanol–water partition coefficient (Wildman–Crippen LogP) is 2.58. The van der Waals surface area contributed by atoms with Crippen LogP contribution in [-0.2, 0) is 4.74 Å². The van der Waals surface area contributed by atoms with Gasteiger partial charge in [0.2, 0.25) is 0 Å². The van der Waals surface area contributed by atoms with Gasteiger partial charge in [0.1, 0.15) is 17.3 Å². The summed E-state index contributed by atoms with van der Waals surface area (Å²) in [6, 6.07) is 5.79. The molecule has 2 unspecified atom stereocenters. The van der Waals surface area contributed by atoms with Crippen molar-refractivity contribution in [2.24, 2.45) is 5.73 Å². The molecular weight excluding hydrogens is 246 g/mol. The molecule has 98 valence electrons. The molecule has 0 radical (unpaired) electrons. The van der Waals surface area contributed by atoms with E-state index >= 15 is 0 Å². The van der Waals surface area contributed by atoms with E-state index in [4.69, 9.17) is 27.4 Å². The van der Waals surface area contributed by atoms with Crippen molar-refractivity contribution in [2.45, 2.75) is 38.9 Å². The van der Waals surface area contributed by atoms with Crippen molar-refractivity contribution in [1.82, 2.24) is 0 Å².